The second-order valence-corrected chi connectivity index (χ2v) is 7.16. The fourth-order valence-electron chi connectivity index (χ4n) is 3.50. The first-order valence-electron chi connectivity index (χ1n) is 8.49. The lowest BCUT2D eigenvalue weighted by Crippen LogP contribution is -2.67. The van der Waals surface area contributed by atoms with Gasteiger partial charge in [0.1, 0.15) is 11.7 Å². The minimum Gasteiger partial charge on any atom is -0.473 e. The minimum atomic E-state index is -0.209. The number of amides is 1. The van der Waals surface area contributed by atoms with E-state index in [1.165, 1.54) is 12.8 Å². The highest BCUT2D eigenvalue weighted by Gasteiger charge is 2.50. The molecule has 4 rings (SSSR count). The molecule has 6 nitrogen and oxygen atoms in total. The van der Waals surface area contributed by atoms with Gasteiger partial charge < -0.3 is 14.4 Å². The quantitative estimate of drug-likeness (QED) is 0.846. The Labute approximate surface area is 136 Å². The Hall–Kier alpha value is -1.69. The first kappa shape index (κ1) is 14.9. The molecule has 0 unspecified atom stereocenters. The molecule has 124 valence electrons. The van der Waals surface area contributed by atoms with Crippen molar-refractivity contribution < 1.29 is 14.3 Å². The number of rotatable bonds is 4. The van der Waals surface area contributed by atoms with E-state index in [4.69, 9.17) is 9.47 Å². The fraction of sp³-hybridized carbons (Fsp3) is 0.706. The fourth-order valence-corrected chi connectivity index (χ4v) is 3.50. The predicted octanol–water partition coefficient (Wildman–Crippen LogP) is 1.72. The molecular weight excluding hydrogens is 294 g/mol. The number of carbonyl (C=O) groups excluding carboxylic acids is 1. The van der Waals surface area contributed by atoms with Crippen LogP contribution in [-0.2, 0) is 9.53 Å². The number of hydrogen-bond donors (Lipinski definition) is 0. The number of carbonyl (C=O) groups is 1. The molecule has 1 saturated carbocycles. The molecule has 3 aliphatic rings. The Balaban J connectivity index is 1.32. The maximum atomic E-state index is 12.1. The van der Waals surface area contributed by atoms with Crippen LogP contribution in [0.4, 0.5) is 0 Å². The summed E-state index contributed by atoms with van der Waals surface area (Å²) in [5, 5.41) is 0. The van der Waals surface area contributed by atoms with Crippen molar-refractivity contribution in [2.75, 3.05) is 19.7 Å². The third-order valence-corrected chi connectivity index (χ3v) is 4.94. The highest BCUT2D eigenvalue weighted by atomic mass is 16.5. The maximum absolute atomic E-state index is 12.1. The second-order valence-electron chi connectivity index (χ2n) is 7.16. The molecule has 6 heteroatoms. The zero-order chi connectivity index (χ0) is 15.9. The Morgan fingerprint density at radius 2 is 2.22 bits per heavy atom. The summed E-state index contributed by atoms with van der Waals surface area (Å²) in [6.45, 7) is 3.99. The maximum Gasteiger partial charge on any atom is 0.232 e. The van der Waals surface area contributed by atoms with Crippen LogP contribution in [0.15, 0.2) is 12.4 Å². The van der Waals surface area contributed by atoms with Gasteiger partial charge in [0.25, 0.3) is 0 Å². The molecule has 0 aromatic carbocycles. The number of ether oxygens (including phenoxy) is 2. The Morgan fingerprint density at radius 1 is 1.39 bits per heavy atom. The molecule has 2 saturated heterocycles. The molecule has 0 bridgehead atoms. The van der Waals surface area contributed by atoms with Crippen molar-refractivity contribution in [1.82, 2.24) is 14.9 Å². The van der Waals surface area contributed by atoms with E-state index < -0.39 is 0 Å². The highest BCUT2D eigenvalue weighted by Crippen LogP contribution is 2.38. The number of hydrogen-bond acceptors (Lipinski definition) is 5. The molecule has 1 aliphatic carbocycles. The molecule has 1 amide bonds. The molecule has 2 aliphatic heterocycles. The lowest BCUT2D eigenvalue weighted by Gasteiger charge is -2.52. The van der Waals surface area contributed by atoms with Crippen LogP contribution in [0.5, 0.6) is 5.88 Å². The lowest BCUT2D eigenvalue weighted by molar-refractivity contribution is -0.193. The van der Waals surface area contributed by atoms with Crippen LogP contribution in [0.2, 0.25) is 0 Å². The highest BCUT2D eigenvalue weighted by molar-refractivity contribution is 5.78. The van der Waals surface area contributed by atoms with Gasteiger partial charge in [-0.1, -0.05) is 0 Å². The van der Waals surface area contributed by atoms with Crippen molar-refractivity contribution in [3.63, 3.8) is 0 Å². The first-order chi connectivity index (χ1) is 11.1. The van der Waals surface area contributed by atoms with Crippen LogP contribution in [-0.4, -0.2) is 52.2 Å². The third kappa shape index (κ3) is 3.32. The summed E-state index contributed by atoms with van der Waals surface area (Å²) in [4.78, 5) is 22.5. The Morgan fingerprint density at radius 3 is 2.96 bits per heavy atom. The van der Waals surface area contributed by atoms with Crippen LogP contribution in [0.3, 0.4) is 0 Å². The second kappa shape index (κ2) is 5.74. The van der Waals surface area contributed by atoms with E-state index in [1.807, 2.05) is 11.8 Å². The minimum absolute atomic E-state index is 0.0838. The van der Waals surface area contributed by atoms with Crippen molar-refractivity contribution in [2.45, 2.75) is 50.7 Å². The van der Waals surface area contributed by atoms with Gasteiger partial charge in [-0.2, -0.15) is 0 Å². The first-order valence-corrected chi connectivity index (χ1v) is 8.49. The lowest BCUT2D eigenvalue weighted by atomic mass is 9.84. The van der Waals surface area contributed by atoms with Gasteiger partial charge in [0.15, 0.2) is 0 Å². The van der Waals surface area contributed by atoms with Gasteiger partial charge in [-0.3, -0.25) is 9.78 Å². The van der Waals surface area contributed by atoms with Crippen LogP contribution in [0.1, 0.15) is 37.8 Å². The summed E-state index contributed by atoms with van der Waals surface area (Å²) in [5.41, 5.74) is 0.643. The SMILES string of the molecule is Cc1cncc(O[C@H]2CCOC3(C2)CN(C(=O)CC2CC2)C3)n1. The van der Waals surface area contributed by atoms with E-state index >= 15 is 0 Å². The summed E-state index contributed by atoms with van der Waals surface area (Å²) < 4.78 is 12.0. The summed E-state index contributed by atoms with van der Waals surface area (Å²) in [5.74, 6) is 1.50. The average molecular weight is 317 g/mol. The van der Waals surface area contributed by atoms with Crippen molar-refractivity contribution in [2.24, 2.45) is 5.92 Å². The summed E-state index contributed by atoms with van der Waals surface area (Å²) in [6.07, 6.45) is 8.27. The summed E-state index contributed by atoms with van der Waals surface area (Å²) in [7, 11) is 0. The zero-order valence-electron chi connectivity index (χ0n) is 13.5. The van der Waals surface area contributed by atoms with Gasteiger partial charge in [-0.25, -0.2) is 4.98 Å². The van der Waals surface area contributed by atoms with Crippen molar-refractivity contribution in [1.29, 1.82) is 0 Å². The van der Waals surface area contributed by atoms with E-state index in [9.17, 15) is 4.79 Å². The number of nitrogens with zero attached hydrogens (tertiary/aromatic N) is 3. The molecule has 0 N–H and O–H groups in total. The van der Waals surface area contributed by atoms with Crippen molar-refractivity contribution in [3.05, 3.63) is 18.1 Å². The molecule has 23 heavy (non-hydrogen) atoms. The Kier molecular flexibility index (Phi) is 3.71. The molecule has 1 spiro atoms. The summed E-state index contributed by atoms with van der Waals surface area (Å²) >= 11 is 0. The number of aryl methyl sites for hydroxylation is 1. The normalized spacial score (nSPS) is 26.0. The number of aromatic nitrogens is 2. The third-order valence-electron chi connectivity index (χ3n) is 4.94. The smallest absolute Gasteiger partial charge is 0.232 e. The topological polar surface area (TPSA) is 64.6 Å². The van der Waals surface area contributed by atoms with Crippen LogP contribution in [0, 0.1) is 12.8 Å². The Bertz CT molecular complexity index is 597. The summed E-state index contributed by atoms with van der Waals surface area (Å²) in [6, 6.07) is 0. The average Bonchev–Trinajstić information content (AvgIpc) is 3.29. The molecule has 1 aromatic heterocycles. The van der Waals surface area contributed by atoms with Gasteiger partial charge in [-0.05, 0) is 25.7 Å². The molecule has 3 fully saturated rings. The molecule has 1 atom stereocenters. The van der Waals surface area contributed by atoms with E-state index in [2.05, 4.69) is 9.97 Å². The van der Waals surface area contributed by atoms with Crippen LogP contribution in [0.25, 0.3) is 0 Å². The van der Waals surface area contributed by atoms with Crippen LogP contribution < -0.4 is 4.74 Å². The standard InChI is InChI=1S/C17H23N3O3/c1-12-8-18-9-15(19-12)23-14-4-5-22-17(7-14)10-20(11-17)16(21)6-13-2-3-13/h8-9,13-14H,2-7,10-11H2,1H3/t14-/m0/s1. The molecular formula is C17H23N3O3. The van der Waals surface area contributed by atoms with Crippen LogP contribution >= 0.6 is 0 Å². The monoisotopic (exact) mass is 317 g/mol. The van der Waals surface area contributed by atoms with Crippen molar-refractivity contribution >= 4 is 5.91 Å². The van der Waals surface area contributed by atoms with Gasteiger partial charge in [0.2, 0.25) is 11.8 Å². The van der Waals surface area contributed by atoms with Gasteiger partial charge in [0, 0.05) is 25.5 Å². The molecule has 3 heterocycles. The van der Waals surface area contributed by atoms with Gasteiger partial charge in [-0.15, -0.1) is 0 Å². The van der Waals surface area contributed by atoms with Gasteiger partial charge >= 0.3 is 0 Å². The molecule has 0 radical (unpaired) electrons. The van der Waals surface area contributed by atoms with Gasteiger partial charge in [0.05, 0.1) is 31.6 Å². The van der Waals surface area contributed by atoms with E-state index in [0.29, 0.717) is 31.5 Å². The van der Waals surface area contributed by atoms with E-state index in [-0.39, 0.29) is 17.6 Å². The van der Waals surface area contributed by atoms with E-state index in [1.54, 1.807) is 12.4 Å². The van der Waals surface area contributed by atoms with E-state index in [0.717, 1.165) is 25.0 Å². The zero-order valence-corrected chi connectivity index (χ0v) is 13.5. The molecule has 1 aromatic rings. The van der Waals surface area contributed by atoms with Crippen molar-refractivity contribution in [3.8, 4) is 5.88 Å². The largest absolute Gasteiger partial charge is 0.473 e. The number of likely N-dealkylation sites (tertiary alicyclic amines) is 1. The predicted molar refractivity (Wildman–Crippen MR) is 83.0 cm³/mol.